The van der Waals surface area contributed by atoms with E-state index in [0.29, 0.717) is 0 Å². The molecule has 0 N–H and O–H groups in total. The Kier molecular flexibility index (Phi) is 12.7. The van der Waals surface area contributed by atoms with Crippen molar-refractivity contribution >= 4 is 0 Å². The fourth-order valence-corrected chi connectivity index (χ4v) is 2.42. The van der Waals surface area contributed by atoms with Crippen molar-refractivity contribution in [3.63, 3.8) is 0 Å². The molecule has 0 heterocycles. The fourth-order valence-electron chi connectivity index (χ4n) is 2.42. The highest BCUT2D eigenvalue weighted by Crippen LogP contribution is 2.25. The van der Waals surface area contributed by atoms with E-state index in [1.165, 1.54) is 5.56 Å². The zero-order chi connectivity index (χ0) is 17.5. The predicted octanol–water partition coefficient (Wildman–Crippen LogP) is 5.89. The maximum absolute atomic E-state index is 6.15. The van der Waals surface area contributed by atoms with E-state index in [4.69, 9.17) is 14.2 Å². The first-order chi connectivity index (χ1) is 11.8. The number of rotatable bonds is 15. The molecule has 0 aliphatic rings. The van der Waals surface area contributed by atoms with Gasteiger partial charge in [-0.25, -0.2) is 0 Å². The highest BCUT2D eigenvalue weighted by atomic mass is 16.7. The molecule has 0 spiro atoms. The maximum Gasteiger partial charge on any atom is 0.160 e. The molecular weight excluding hydrogens is 300 g/mol. The fraction of sp³-hybridized carbons (Fsp3) is 0.714. The molecular formula is C21H36O3. The Labute approximate surface area is 148 Å². The summed E-state index contributed by atoms with van der Waals surface area (Å²) < 4.78 is 18.1. The van der Waals surface area contributed by atoms with Crippen LogP contribution in [-0.2, 0) is 14.2 Å². The lowest BCUT2D eigenvalue weighted by Gasteiger charge is -2.25. The second-order valence-electron chi connectivity index (χ2n) is 6.24. The zero-order valence-electron chi connectivity index (χ0n) is 15.8. The van der Waals surface area contributed by atoms with E-state index in [1.54, 1.807) is 0 Å². The lowest BCUT2D eigenvalue weighted by atomic mass is 10.1. The van der Waals surface area contributed by atoms with E-state index in [1.807, 2.05) is 6.07 Å². The molecule has 1 rings (SSSR count). The first kappa shape index (κ1) is 21.1. The molecule has 0 fully saturated rings. The van der Waals surface area contributed by atoms with E-state index in [0.717, 1.165) is 64.8 Å². The van der Waals surface area contributed by atoms with E-state index >= 15 is 0 Å². The van der Waals surface area contributed by atoms with Crippen LogP contribution in [0.4, 0.5) is 0 Å². The molecule has 0 saturated carbocycles. The molecule has 0 bridgehead atoms. The van der Waals surface area contributed by atoms with Crippen LogP contribution in [0.2, 0.25) is 0 Å². The van der Waals surface area contributed by atoms with E-state index in [9.17, 15) is 0 Å². The van der Waals surface area contributed by atoms with Crippen LogP contribution in [-0.4, -0.2) is 26.1 Å². The molecule has 1 aromatic rings. The SMILES string of the molecule is CCCCOC(CC(OCCCC)c1ccccc1)OCCCC. The number of unbranched alkanes of at least 4 members (excludes halogenated alkanes) is 3. The Bertz CT molecular complexity index is 370. The summed E-state index contributed by atoms with van der Waals surface area (Å²) >= 11 is 0. The molecule has 3 heteroatoms. The summed E-state index contributed by atoms with van der Waals surface area (Å²) in [5, 5.41) is 0. The van der Waals surface area contributed by atoms with Gasteiger partial charge < -0.3 is 14.2 Å². The van der Waals surface area contributed by atoms with E-state index < -0.39 is 0 Å². The maximum atomic E-state index is 6.15. The molecule has 0 saturated heterocycles. The van der Waals surface area contributed by atoms with Crippen molar-refractivity contribution in [2.75, 3.05) is 19.8 Å². The van der Waals surface area contributed by atoms with Gasteiger partial charge in [0.1, 0.15) is 0 Å². The Morgan fingerprint density at radius 1 is 0.708 bits per heavy atom. The summed E-state index contributed by atoms with van der Waals surface area (Å²) in [6, 6.07) is 10.4. The van der Waals surface area contributed by atoms with Crippen molar-refractivity contribution in [2.24, 2.45) is 0 Å². The first-order valence-electron chi connectivity index (χ1n) is 9.71. The van der Waals surface area contributed by atoms with Gasteiger partial charge in [-0.2, -0.15) is 0 Å². The van der Waals surface area contributed by atoms with Crippen molar-refractivity contribution in [2.45, 2.75) is 78.1 Å². The third-order valence-electron chi connectivity index (χ3n) is 4.00. The molecule has 0 aliphatic heterocycles. The standard InChI is InChI=1S/C21H36O3/c1-4-7-15-22-20(19-13-11-10-12-14-19)18-21(23-16-8-5-2)24-17-9-6-3/h10-14,20-21H,4-9,15-18H2,1-3H3. The van der Waals surface area contributed by atoms with Crippen molar-refractivity contribution in [3.8, 4) is 0 Å². The average Bonchev–Trinajstić information content (AvgIpc) is 2.62. The monoisotopic (exact) mass is 336 g/mol. The van der Waals surface area contributed by atoms with Gasteiger partial charge in [0.25, 0.3) is 0 Å². The van der Waals surface area contributed by atoms with Crippen LogP contribution in [0.1, 0.15) is 77.4 Å². The average molecular weight is 337 g/mol. The van der Waals surface area contributed by atoms with Crippen LogP contribution in [0.25, 0.3) is 0 Å². The summed E-state index contributed by atoms with van der Waals surface area (Å²) in [6.07, 6.45) is 7.24. The van der Waals surface area contributed by atoms with Crippen molar-refractivity contribution < 1.29 is 14.2 Å². The van der Waals surface area contributed by atoms with Crippen molar-refractivity contribution in [1.82, 2.24) is 0 Å². The van der Waals surface area contributed by atoms with Crippen LogP contribution in [0.3, 0.4) is 0 Å². The Balaban J connectivity index is 2.64. The highest BCUT2D eigenvalue weighted by Gasteiger charge is 2.20. The first-order valence-corrected chi connectivity index (χ1v) is 9.71. The summed E-state index contributed by atoms with van der Waals surface area (Å²) in [4.78, 5) is 0. The molecule has 0 amide bonds. The molecule has 24 heavy (non-hydrogen) atoms. The molecule has 1 unspecified atom stereocenters. The molecule has 3 nitrogen and oxygen atoms in total. The minimum absolute atomic E-state index is 0.0333. The normalized spacial score (nSPS) is 12.7. The van der Waals surface area contributed by atoms with Crippen LogP contribution in [0, 0.1) is 0 Å². The van der Waals surface area contributed by atoms with Crippen LogP contribution in [0.5, 0.6) is 0 Å². The minimum Gasteiger partial charge on any atom is -0.373 e. The summed E-state index contributed by atoms with van der Waals surface area (Å²) in [5.41, 5.74) is 1.21. The van der Waals surface area contributed by atoms with Crippen molar-refractivity contribution in [3.05, 3.63) is 35.9 Å². The molecule has 1 atom stereocenters. The van der Waals surface area contributed by atoms with Crippen molar-refractivity contribution in [1.29, 1.82) is 0 Å². The molecule has 0 aromatic heterocycles. The van der Waals surface area contributed by atoms with Gasteiger partial charge in [0.2, 0.25) is 0 Å². The number of hydrogen-bond donors (Lipinski definition) is 0. The van der Waals surface area contributed by atoms with Crippen LogP contribution < -0.4 is 0 Å². The van der Waals surface area contributed by atoms with Gasteiger partial charge in [-0.05, 0) is 24.8 Å². The Morgan fingerprint density at radius 3 is 1.71 bits per heavy atom. The van der Waals surface area contributed by atoms with Gasteiger partial charge in [0.05, 0.1) is 6.10 Å². The number of benzene rings is 1. The minimum atomic E-state index is -0.185. The van der Waals surface area contributed by atoms with Gasteiger partial charge in [-0.1, -0.05) is 70.4 Å². The molecule has 138 valence electrons. The van der Waals surface area contributed by atoms with E-state index in [-0.39, 0.29) is 12.4 Å². The van der Waals surface area contributed by atoms with Gasteiger partial charge in [-0.3, -0.25) is 0 Å². The highest BCUT2D eigenvalue weighted by molar-refractivity contribution is 5.17. The Morgan fingerprint density at radius 2 is 1.21 bits per heavy atom. The number of hydrogen-bond acceptors (Lipinski definition) is 3. The zero-order valence-corrected chi connectivity index (χ0v) is 15.8. The third kappa shape index (κ3) is 9.41. The largest absolute Gasteiger partial charge is 0.373 e. The van der Waals surface area contributed by atoms with Crippen LogP contribution in [0.15, 0.2) is 30.3 Å². The van der Waals surface area contributed by atoms with Gasteiger partial charge in [0, 0.05) is 26.2 Å². The number of ether oxygens (including phenoxy) is 3. The quantitative estimate of drug-likeness (QED) is 0.295. The third-order valence-corrected chi connectivity index (χ3v) is 4.00. The summed E-state index contributed by atoms with van der Waals surface area (Å²) in [7, 11) is 0. The van der Waals surface area contributed by atoms with Gasteiger partial charge in [0.15, 0.2) is 6.29 Å². The predicted molar refractivity (Wildman–Crippen MR) is 100 cm³/mol. The van der Waals surface area contributed by atoms with Gasteiger partial charge in [-0.15, -0.1) is 0 Å². The van der Waals surface area contributed by atoms with Gasteiger partial charge >= 0.3 is 0 Å². The second kappa shape index (κ2) is 14.4. The lowest BCUT2D eigenvalue weighted by Crippen LogP contribution is -2.23. The topological polar surface area (TPSA) is 27.7 Å². The lowest BCUT2D eigenvalue weighted by molar-refractivity contribution is -0.165. The molecule has 1 aromatic carbocycles. The smallest absolute Gasteiger partial charge is 0.160 e. The second-order valence-corrected chi connectivity index (χ2v) is 6.24. The molecule has 0 radical (unpaired) electrons. The van der Waals surface area contributed by atoms with E-state index in [2.05, 4.69) is 45.0 Å². The molecule has 0 aliphatic carbocycles. The Hall–Kier alpha value is -0.900. The summed E-state index contributed by atoms with van der Waals surface area (Å²) in [5.74, 6) is 0. The summed E-state index contributed by atoms with van der Waals surface area (Å²) in [6.45, 7) is 8.83. The van der Waals surface area contributed by atoms with Crippen LogP contribution >= 0.6 is 0 Å².